The smallest absolute Gasteiger partial charge is 0.191 e. The first-order valence-corrected chi connectivity index (χ1v) is 10.0. The van der Waals surface area contributed by atoms with Crippen molar-refractivity contribution in [2.24, 2.45) is 4.99 Å². The van der Waals surface area contributed by atoms with Gasteiger partial charge in [-0.05, 0) is 50.9 Å². The van der Waals surface area contributed by atoms with Crippen LogP contribution in [0.15, 0.2) is 23.2 Å². The first-order chi connectivity index (χ1) is 13.6. The molecule has 0 saturated heterocycles. The summed E-state index contributed by atoms with van der Waals surface area (Å²) in [5.41, 5.74) is 1.23. The summed E-state index contributed by atoms with van der Waals surface area (Å²) in [5.74, 6) is 2.41. The van der Waals surface area contributed by atoms with E-state index in [1.54, 1.807) is 21.3 Å². The van der Waals surface area contributed by atoms with E-state index in [4.69, 9.17) is 14.2 Å². The summed E-state index contributed by atoms with van der Waals surface area (Å²) in [4.78, 5) is 6.98. The molecule has 0 saturated carbocycles. The van der Waals surface area contributed by atoms with E-state index < -0.39 is 0 Å². The van der Waals surface area contributed by atoms with Gasteiger partial charge in [-0.25, -0.2) is 0 Å². The molecular weight excluding hydrogens is 483 g/mol. The highest BCUT2D eigenvalue weighted by Crippen LogP contribution is 2.27. The number of aliphatic imine (C=N–C) groups is 1. The molecule has 0 bridgehead atoms. The van der Waals surface area contributed by atoms with E-state index in [1.165, 1.54) is 5.56 Å². The van der Waals surface area contributed by atoms with E-state index in [-0.39, 0.29) is 24.0 Å². The molecular formula is C21H39IN4O3. The first-order valence-electron chi connectivity index (χ1n) is 10.0. The number of hydrogen-bond acceptors (Lipinski definition) is 5. The lowest BCUT2D eigenvalue weighted by Crippen LogP contribution is -2.41. The van der Waals surface area contributed by atoms with Crippen molar-refractivity contribution in [3.63, 3.8) is 0 Å². The number of aryl methyl sites for hydroxylation is 1. The van der Waals surface area contributed by atoms with Crippen molar-refractivity contribution in [3.05, 3.63) is 23.8 Å². The molecule has 7 nitrogen and oxygen atoms in total. The Hall–Kier alpha value is -1.26. The van der Waals surface area contributed by atoms with Gasteiger partial charge < -0.3 is 29.7 Å². The number of rotatable bonds is 14. The molecule has 0 spiro atoms. The van der Waals surface area contributed by atoms with Gasteiger partial charge >= 0.3 is 0 Å². The molecule has 1 aromatic rings. The van der Waals surface area contributed by atoms with Crippen LogP contribution in [0, 0.1) is 0 Å². The van der Waals surface area contributed by atoms with E-state index in [1.807, 2.05) is 12.1 Å². The number of nitrogens with one attached hydrogen (secondary N) is 2. The number of methoxy groups -OCH3 is 3. The van der Waals surface area contributed by atoms with Gasteiger partial charge in [-0.1, -0.05) is 6.07 Å². The average molecular weight is 522 g/mol. The second-order valence-electron chi connectivity index (χ2n) is 6.63. The number of likely N-dealkylation sites (N-methyl/N-ethyl adjacent to an activating group) is 1. The Balaban J connectivity index is 0.00000784. The molecule has 0 radical (unpaired) electrons. The van der Waals surface area contributed by atoms with E-state index in [0.717, 1.165) is 76.1 Å². The molecule has 0 heterocycles. The lowest BCUT2D eigenvalue weighted by molar-refractivity contribution is 0.180. The summed E-state index contributed by atoms with van der Waals surface area (Å²) in [7, 11) is 7.19. The predicted molar refractivity (Wildman–Crippen MR) is 131 cm³/mol. The third-order valence-corrected chi connectivity index (χ3v) is 4.36. The molecule has 0 aliphatic carbocycles. The summed E-state index contributed by atoms with van der Waals surface area (Å²) in [6.07, 6.45) is 2.98. The van der Waals surface area contributed by atoms with Gasteiger partial charge in [-0.3, -0.25) is 4.99 Å². The van der Waals surface area contributed by atoms with Gasteiger partial charge in [0, 0.05) is 46.4 Å². The number of halogens is 1. The predicted octanol–water partition coefficient (Wildman–Crippen LogP) is 2.78. The molecule has 0 aliphatic rings. The van der Waals surface area contributed by atoms with Crippen LogP contribution in [0.25, 0.3) is 0 Å². The van der Waals surface area contributed by atoms with Crippen molar-refractivity contribution in [2.45, 2.75) is 26.2 Å². The van der Waals surface area contributed by atoms with Crippen LogP contribution in [-0.4, -0.2) is 78.6 Å². The Morgan fingerprint density at radius 3 is 2.45 bits per heavy atom. The number of guanidine groups is 1. The Labute approximate surface area is 193 Å². The number of nitrogens with zero attached hydrogens (tertiary/aromatic N) is 2. The summed E-state index contributed by atoms with van der Waals surface area (Å²) < 4.78 is 15.7. The van der Waals surface area contributed by atoms with Gasteiger partial charge in [-0.15, -0.1) is 24.0 Å². The molecule has 0 unspecified atom stereocenters. The van der Waals surface area contributed by atoms with Crippen LogP contribution in [0.4, 0.5) is 0 Å². The van der Waals surface area contributed by atoms with Crippen molar-refractivity contribution < 1.29 is 14.2 Å². The normalized spacial score (nSPS) is 11.2. The zero-order chi connectivity index (χ0) is 20.6. The molecule has 1 rings (SSSR count). The maximum absolute atomic E-state index is 5.36. The monoisotopic (exact) mass is 522 g/mol. The van der Waals surface area contributed by atoms with Crippen molar-refractivity contribution in [1.82, 2.24) is 15.5 Å². The average Bonchev–Trinajstić information content (AvgIpc) is 2.71. The van der Waals surface area contributed by atoms with Gasteiger partial charge in [0.25, 0.3) is 0 Å². The highest BCUT2D eigenvalue weighted by atomic mass is 127. The second kappa shape index (κ2) is 17.6. The van der Waals surface area contributed by atoms with Crippen molar-refractivity contribution >= 4 is 29.9 Å². The van der Waals surface area contributed by atoms with E-state index in [0.29, 0.717) is 0 Å². The van der Waals surface area contributed by atoms with Gasteiger partial charge in [0.2, 0.25) is 0 Å². The molecule has 29 heavy (non-hydrogen) atoms. The topological polar surface area (TPSA) is 67.4 Å². The molecule has 1 aromatic carbocycles. The summed E-state index contributed by atoms with van der Waals surface area (Å²) in [6.45, 7) is 7.39. The molecule has 0 fully saturated rings. The van der Waals surface area contributed by atoms with Gasteiger partial charge in [0.15, 0.2) is 17.5 Å². The van der Waals surface area contributed by atoms with Crippen LogP contribution in [0.3, 0.4) is 0 Å². The van der Waals surface area contributed by atoms with Gasteiger partial charge in [-0.2, -0.15) is 0 Å². The Kier molecular flexibility index (Phi) is 16.8. The standard InChI is InChI=1S/C21H38N4O3.HI/c1-6-22-21(24-13-15-25(2)14-8-16-26-3)23-12-7-9-18-10-11-19(27-4)20(17-18)28-5;/h10-11,17H,6-9,12-16H2,1-5H3,(H2,22,23,24);1H. The maximum Gasteiger partial charge on any atom is 0.191 e. The molecule has 0 atom stereocenters. The van der Waals surface area contributed by atoms with Crippen LogP contribution in [-0.2, 0) is 11.2 Å². The molecule has 8 heteroatoms. The summed E-state index contributed by atoms with van der Waals surface area (Å²) in [6, 6.07) is 6.06. The van der Waals surface area contributed by atoms with Crippen LogP contribution in [0.2, 0.25) is 0 Å². The number of hydrogen-bond donors (Lipinski definition) is 2. The molecule has 0 aromatic heterocycles. The lowest BCUT2D eigenvalue weighted by Gasteiger charge is -2.18. The zero-order valence-electron chi connectivity index (χ0n) is 18.6. The van der Waals surface area contributed by atoms with Crippen molar-refractivity contribution in [1.29, 1.82) is 0 Å². The second-order valence-corrected chi connectivity index (χ2v) is 6.63. The number of benzene rings is 1. The Morgan fingerprint density at radius 2 is 1.79 bits per heavy atom. The highest BCUT2D eigenvalue weighted by molar-refractivity contribution is 14.0. The van der Waals surface area contributed by atoms with Crippen LogP contribution in [0.5, 0.6) is 11.5 Å². The minimum atomic E-state index is 0. The van der Waals surface area contributed by atoms with Crippen LogP contribution >= 0.6 is 24.0 Å². The Bertz CT molecular complexity index is 573. The minimum Gasteiger partial charge on any atom is -0.493 e. The van der Waals surface area contributed by atoms with Crippen LogP contribution < -0.4 is 20.1 Å². The van der Waals surface area contributed by atoms with E-state index >= 15 is 0 Å². The zero-order valence-corrected chi connectivity index (χ0v) is 21.0. The van der Waals surface area contributed by atoms with Gasteiger partial charge in [0.1, 0.15) is 0 Å². The van der Waals surface area contributed by atoms with E-state index in [2.05, 4.69) is 40.6 Å². The highest BCUT2D eigenvalue weighted by Gasteiger charge is 2.05. The van der Waals surface area contributed by atoms with Crippen molar-refractivity contribution in [2.75, 3.05) is 67.7 Å². The van der Waals surface area contributed by atoms with E-state index in [9.17, 15) is 0 Å². The fourth-order valence-electron chi connectivity index (χ4n) is 2.81. The lowest BCUT2D eigenvalue weighted by atomic mass is 10.1. The molecule has 168 valence electrons. The van der Waals surface area contributed by atoms with Crippen LogP contribution in [0.1, 0.15) is 25.3 Å². The largest absolute Gasteiger partial charge is 0.493 e. The quantitative estimate of drug-likeness (QED) is 0.170. The third kappa shape index (κ3) is 12.1. The fourth-order valence-corrected chi connectivity index (χ4v) is 2.81. The van der Waals surface area contributed by atoms with Crippen molar-refractivity contribution in [3.8, 4) is 11.5 Å². The molecule has 2 N–H and O–H groups in total. The minimum absolute atomic E-state index is 0. The maximum atomic E-state index is 5.36. The third-order valence-electron chi connectivity index (χ3n) is 4.36. The number of ether oxygens (including phenoxy) is 3. The first kappa shape index (κ1) is 27.7. The summed E-state index contributed by atoms with van der Waals surface area (Å²) in [5, 5.41) is 6.71. The van der Waals surface area contributed by atoms with Gasteiger partial charge in [0.05, 0.1) is 14.2 Å². The molecule has 0 aliphatic heterocycles. The SMILES string of the molecule is CCNC(=NCCCc1ccc(OC)c(OC)c1)NCCN(C)CCCOC.I. The summed E-state index contributed by atoms with van der Waals surface area (Å²) >= 11 is 0. The molecule has 0 amide bonds. The fraction of sp³-hybridized carbons (Fsp3) is 0.667. The Morgan fingerprint density at radius 1 is 1.03 bits per heavy atom.